The number of rotatable bonds is 6. The van der Waals surface area contributed by atoms with E-state index in [4.69, 9.17) is 4.52 Å². The van der Waals surface area contributed by atoms with E-state index in [-0.39, 0.29) is 12.1 Å². The van der Waals surface area contributed by atoms with Crippen molar-refractivity contribution in [2.45, 2.75) is 33.7 Å². The molecule has 0 aromatic carbocycles. The molecule has 1 aromatic heterocycles. The maximum absolute atomic E-state index is 11.7. The second-order valence-electron chi connectivity index (χ2n) is 4.31. The first-order valence-corrected chi connectivity index (χ1v) is 6.28. The van der Waals surface area contributed by atoms with Crippen LogP contribution in [0.1, 0.15) is 26.5 Å². The van der Waals surface area contributed by atoms with Crippen molar-refractivity contribution < 1.29 is 9.32 Å². The Balaban J connectivity index is 2.35. The number of aryl methyl sites for hydroxylation is 1. The maximum atomic E-state index is 11.7. The molecule has 2 N–H and O–H groups in total. The molecule has 0 spiro atoms. The zero-order valence-corrected chi connectivity index (χ0v) is 11.5. The van der Waals surface area contributed by atoms with Gasteiger partial charge in [0.2, 0.25) is 0 Å². The molecule has 6 nitrogen and oxygen atoms in total. The van der Waals surface area contributed by atoms with Crippen molar-refractivity contribution in [2.24, 2.45) is 0 Å². The molecule has 0 fully saturated rings. The summed E-state index contributed by atoms with van der Waals surface area (Å²) in [5, 5.41) is 9.19. The molecule has 0 aliphatic carbocycles. The van der Waals surface area contributed by atoms with Crippen molar-refractivity contribution in [3.8, 4) is 0 Å². The van der Waals surface area contributed by atoms with Gasteiger partial charge in [0, 0.05) is 18.7 Å². The zero-order valence-electron chi connectivity index (χ0n) is 11.5. The molecule has 0 saturated heterocycles. The highest BCUT2D eigenvalue weighted by Gasteiger charge is 2.11. The lowest BCUT2D eigenvalue weighted by Gasteiger charge is -2.23. The average molecular weight is 254 g/mol. The first-order valence-electron chi connectivity index (χ1n) is 6.28. The fourth-order valence-corrected chi connectivity index (χ4v) is 1.72. The van der Waals surface area contributed by atoms with E-state index >= 15 is 0 Å². The number of anilines is 1. The van der Waals surface area contributed by atoms with Gasteiger partial charge in [-0.15, -0.1) is 0 Å². The lowest BCUT2D eigenvalue weighted by molar-refractivity contribution is 0.238. The topological polar surface area (TPSA) is 70.4 Å². The second kappa shape index (κ2) is 7.00. The highest BCUT2D eigenvalue weighted by Crippen LogP contribution is 2.06. The minimum atomic E-state index is -0.261. The number of carbonyl (C=O) groups is 1. The molecule has 1 heterocycles. The van der Waals surface area contributed by atoms with Crippen LogP contribution in [-0.2, 0) is 0 Å². The molecule has 1 aromatic rings. The number of likely N-dealkylation sites (N-methyl/N-ethyl adjacent to an activating group) is 1. The molecule has 0 bridgehead atoms. The van der Waals surface area contributed by atoms with Gasteiger partial charge in [0.1, 0.15) is 5.76 Å². The van der Waals surface area contributed by atoms with Crippen LogP contribution in [0.4, 0.5) is 10.6 Å². The van der Waals surface area contributed by atoms with E-state index in [1.165, 1.54) is 0 Å². The number of hydrogen-bond acceptors (Lipinski definition) is 4. The normalized spacial score (nSPS) is 12.5. The Labute approximate surface area is 108 Å². The van der Waals surface area contributed by atoms with Crippen LogP contribution in [0.2, 0.25) is 0 Å². The fraction of sp³-hybridized carbons (Fsp3) is 0.667. The number of urea groups is 1. The summed E-state index contributed by atoms with van der Waals surface area (Å²) in [6.45, 7) is 10.8. The third-order valence-electron chi connectivity index (χ3n) is 2.67. The van der Waals surface area contributed by atoms with Gasteiger partial charge < -0.3 is 14.7 Å². The molecule has 0 aliphatic rings. The van der Waals surface area contributed by atoms with E-state index < -0.39 is 0 Å². The molecule has 102 valence electrons. The molecule has 1 atom stereocenters. The molecule has 18 heavy (non-hydrogen) atoms. The summed E-state index contributed by atoms with van der Waals surface area (Å²) in [5.41, 5.74) is 0. The highest BCUT2D eigenvalue weighted by molar-refractivity contribution is 5.88. The van der Waals surface area contributed by atoms with Crippen molar-refractivity contribution in [2.75, 3.05) is 25.0 Å². The Morgan fingerprint density at radius 1 is 1.50 bits per heavy atom. The van der Waals surface area contributed by atoms with Gasteiger partial charge in [0.15, 0.2) is 5.82 Å². The maximum Gasteiger partial charge on any atom is 0.320 e. The van der Waals surface area contributed by atoms with Gasteiger partial charge in [-0.1, -0.05) is 19.0 Å². The van der Waals surface area contributed by atoms with E-state index in [0.29, 0.717) is 11.6 Å². The van der Waals surface area contributed by atoms with Gasteiger partial charge in [-0.3, -0.25) is 5.32 Å². The van der Waals surface area contributed by atoms with Crippen molar-refractivity contribution in [3.05, 3.63) is 11.8 Å². The standard InChI is InChI=1S/C12H22N4O2/c1-5-16(6-2)8-9(3)13-12(17)14-11-7-10(4)18-15-11/h7,9H,5-6,8H2,1-4H3,(H2,13,14,15,17)/t9-/m1/s1. The van der Waals surface area contributed by atoms with Crippen LogP contribution in [0.25, 0.3) is 0 Å². The molecular weight excluding hydrogens is 232 g/mol. The van der Waals surface area contributed by atoms with Gasteiger partial charge >= 0.3 is 6.03 Å². The van der Waals surface area contributed by atoms with E-state index in [2.05, 4.69) is 34.5 Å². The summed E-state index contributed by atoms with van der Waals surface area (Å²) in [6.07, 6.45) is 0. The third kappa shape index (κ3) is 4.75. The molecular formula is C12H22N4O2. The van der Waals surface area contributed by atoms with Gasteiger partial charge in [-0.25, -0.2) is 4.79 Å². The van der Waals surface area contributed by atoms with Gasteiger partial charge in [-0.2, -0.15) is 0 Å². The summed E-state index contributed by atoms with van der Waals surface area (Å²) in [5.74, 6) is 1.10. The van der Waals surface area contributed by atoms with Crippen molar-refractivity contribution in [3.63, 3.8) is 0 Å². The van der Waals surface area contributed by atoms with E-state index in [9.17, 15) is 4.79 Å². The Hall–Kier alpha value is -1.56. The van der Waals surface area contributed by atoms with Crippen LogP contribution < -0.4 is 10.6 Å². The van der Waals surface area contributed by atoms with Crippen molar-refractivity contribution in [1.29, 1.82) is 0 Å². The van der Waals surface area contributed by atoms with E-state index in [1.54, 1.807) is 13.0 Å². The van der Waals surface area contributed by atoms with Gasteiger partial charge in [0.25, 0.3) is 0 Å². The quantitative estimate of drug-likeness (QED) is 0.812. The van der Waals surface area contributed by atoms with E-state index in [1.807, 2.05) is 6.92 Å². The zero-order chi connectivity index (χ0) is 13.5. The predicted molar refractivity (Wildman–Crippen MR) is 70.6 cm³/mol. The largest absolute Gasteiger partial charge is 0.360 e. The summed E-state index contributed by atoms with van der Waals surface area (Å²) >= 11 is 0. The molecule has 1 rings (SSSR count). The second-order valence-corrected chi connectivity index (χ2v) is 4.31. The monoisotopic (exact) mass is 254 g/mol. The van der Waals surface area contributed by atoms with Crippen LogP contribution in [-0.4, -0.2) is 41.8 Å². The molecule has 6 heteroatoms. The van der Waals surface area contributed by atoms with Crippen LogP contribution >= 0.6 is 0 Å². The SMILES string of the molecule is CCN(CC)C[C@@H](C)NC(=O)Nc1cc(C)on1. The molecule has 0 radical (unpaired) electrons. The van der Waals surface area contributed by atoms with Crippen LogP contribution in [0, 0.1) is 6.92 Å². The Morgan fingerprint density at radius 3 is 2.67 bits per heavy atom. The van der Waals surface area contributed by atoms with E-state index in [0.717, 1.165) is 19.6 Å². The van der Waals surface area contributed by atoms with Crippen LogP contribution in [0.5, 0.6) is 0 Å². The third-order valence-corrected chi connectivity index (χ3v) is 2.67. The molecule has 0 unspecified atom stereocenters. The highest BCUT2D eigenvalue weighted by atomic mass is 16.5. The molecule has 0 aliphatic heterocycles. The number of nitrogens with one attached hydrogen (secondary N) is 2. The minimum absolute atomic E-state index is 0.0814. The average Bonchev–Trinajstić information content (AvgIpc) is 2.71. The fourth-order valence-electron chi connectivity index (χ4n) is 1.72. The summed E-state index contributed by atoms with van der Waals surface area (Å²) in [7, 11) is 0. The Kier molecular flexibility index (Phi) is 5.64. The number of hydrogen-bond donors (Lipinski definition) is 2. The number of amides is 2. The van der Waals surface area contributed by atoms with Crippen molar-refractivity contribution >= 4 is 11.8 Å². The summed E-state index contributed by atoms with van der Waals surface area (Å²) in [6, 6.07) is 1.50. The minimum Gasteiger partial charge on any atom is -0.360 e. The summed E-state index contributed by atoms with van der Waals surface area (Å²) in [4.78, 5) is 13.9. The lowest BCUT2D eigenvalue weighted by Crippen LogP contribution is -2.43. The number of carbonyl (C=O) groups excluding carboxylic acids is 1. The number of aromatic nitrogens is 1. The van der Waals surface area contributed by atoms with Crippen LogP contribution in [0.3, 0.4) is 0 Å². The summed E-state index contributed by atoms with van der Waals surface area (Å²) < 4.78 is 4.87. The predicted octanol–water partition coefficient (Wildman–Crippen LogP) is 1.83. The molecule has 0 saturated carbocycles. The first kappa shape index (κ1) is 14.5. The Bertz CT molecular complexity index is 374. The van der Waals surface area contributed by atoms with Gasteiger partial charge in [0.05, 0.1) is 0 Å². The van der Waals surface area contributed by atoms with Crippen LogP contribution in [0.15, 0.2) is 10.6 Å². The smallest absolute Gasteiger partial charge is 0.320 e. The first-order chi connectivity index (χ1) is 8.55. The Morgan fingerprint density at radius 2 is 2.17 bits per heavy atom. The molecule has 2 amide bonds. The van der Waals surface area contributed by atoms with Gasteiger partial charge in [-0.05, 0) is 26.9 Å². The van der Waals surface area contributed by atoms with Crippen molar-refractivity contribution in [1.82, 2.24) is 15.4 Å². The number of nitrogens with zero attached hydrogens (tertiary/aromatic N) is 2. The lowest BCUT2D eigenvalue weighted by atomic mass is 10.3.